The average Bonchev–Trinajstić information content (AvgIpc) is 2.82. The van der Waals surface area contributed by atoms with E-state index in [-0.39, 0.29) is 11.8 Å². The molecule has 0 aromatic heterocycles. The first kappa shape index (κ1) is 12.6. The molecule has 0 saturated carbocycles. The number of nitro benzene ring substituents is 1. The number of benzene rings is 1. The molecule has 0 spiro atoms. The Labute approximate surface area is 105 Å². The zero-order valence-electron chi connectivity index (χ0n) is 10.2. The number of anilines is 1. The molecule has 6 heteroatoms. The summed E-state index contributed by atoms with van der Waals surface area (Å²) in [5, 5.41) is 13.9. The maximum atomic E-state index is 10.8. The smallest absolute Gasteiger partial charge is 0.275 e. The van der Waals surface area contributed by atoms with E-state index < -0.39 is 4.92 Å². The van der Waals surface area contributed by atoms with Crippen molar-refractivity contribution in [2.45, 2.75) is 19.4 Å². The number of non-ortho nitro benzene ring substituents is 1. The van der Waals surface area contributed by atoms with E-state index in [1.165, 1.54) is 12.1 Å². The number of ether oxygens (including phenoxy) is 2. The van der Waals surface area contributed by atoms with Crippen LogP contribution in [-0.2, 0) is 4.74 Å². The molecular weight excluding hydrogens is 236 g/mol. The van der Waals surface area contributed by atoms with Crippen LogP contribution in [0.2, 0.25) is 0 Å². The van der Waals surface area contributed by atoms with Crippen LogP contribution in [0.5, 0.6) is 5.75 Å². The van der Waals surface area contributed by atoms with E-state index >= 15 is 0 Å². The van der Waals surface area contributed by atoms with Crippen LogP contribution in [0.4, 0.5) is 11.4 Å². The highest BCUT2D eigenvalue weighted by Crippen LogP contribution is 2.27. The van der Waals surface area contributed by atoms with Gasteiger partial charge in [-0.3, -0.25) is 10.1 Å². The van der Waals surface area contributed by atoms with Crippen molar-refractivity contribution in [3.05, 3.63) is 28.3 Å². The molecule has 1 atom stereocenters. The third-order valence-corrected chi connectivity index (χ3v) is 2.67. The van der Waals surface area contributed by atoms with Gasteiger partial charge in [0, 0.05) is 30.8 Å². The maximum Gasteiger partial charge on any atom is 0.275 e. The van der Waals surface area contributed by atoms with Gasteiger partial charge < -0.3 is 14.8 Å². The minimum absolute atomic E-state index is 0.0125. The van der Waals surface area contributed by atoms with Crippen molar-refractivity contribution in [2.24, 2.45) is 0 Å². The summed E-state index contributed by atoms with van der Waals surface area (Å²) in [5.74, 6) is 0.510. The van der Waals surface area contributed by atoms with Crippen LogP contribution in [0.1, 0.15) is 13.3 Å². The topological polar surface area (TPSA) is 73.6 Å². The highest BCUT2D eigenvalue weighted by molar-refractivity contribution is 5.56. The zero-order valence-corrected chi connectivity index (χ0v) is 10.2. The fourth-order valence-electron chi connectivity index (χ4n) is 1.86. The van der Waals surface area contributed by atoms with Crippen LogP contribution in [0, 0.1) is 10.1 Å². The lowest BCUT2D eigenvalue weighted by Gasteiger charge is -2.13. The predicted octanol–water partition coefficient (Wildman–Crippen LogP) is 2.19. The van der Waals surface area contributed by atoms with E-state index in [0.29, 0.717) is 31.2 Å². The number of nitrogens with zero attached hydrogens (tertiary/aromatic N) is 1. The third kappa shape index (κ3) is 3.10. The summed E-state index contributed by atoms with van der Waals surface area (Å²) in [6.45, 7) is 3.86. The quantitative estimate of drug-likeness (QED) is 0.642. The highest BCUT2D eigenvalue weighted by atomic mass is 16.6. The molecule has 1 N–H and O–H groups in total. The van der Waals surface area contributed by atoms with Crippen molar-refractivity contribution in [1.29, 1.82) is 0 Å². The average molecular weight is 252 g/mol. The minimum atomic E-state index is -0.418. The molecule has 1 saturated heterocycles. The molecule has 18 heavy (non-hydrogen) atoms. The summed E-state index contributed by atoms with van der Waals surface area (Å²) >= 11 is 0. The second-order valence-electron chi connectivity index (χ2n) is 4.11. The van der Waals surface area contributed by atoms with E-state index in [4.69, 9.17) is 9.47 Å². The van der Waals surface area contributed by atoms with Crippen LogP contribution < -0.4 is 10.1 Å². The summed E-state index contributed by atoms with van der Waals surface area (Å²) in [7, 11) is 0. The van der Waals surface area contributed by atoms with Crippen LogP contribution in [0.3, 0.4) is 0 Å². The molecule has 1 unspecified atom stereocenters. The lowest BCUT2D eigenvalue weighted by molar-refractivity contribution is -0.384. The fraction of sp³-hybridized carbons (Fsp3) is 0.500. The molecule has 0 bridgehead atoms. The third-order valence-electron chi connectivity index (χ3n) is 2.67. The molecule has 1 aromatic rings. The lowest BCUT2D eigenvalue weighted by atomic mass is 10.2. The summed E-state index contributed by atoms with van der Waals surface area (Å²) < 4.78 is 10.9. The molecule has 0 amide bonds. The first-order chi connectivity index (χ1) is 8.69. The van der Waals surface area contributed by atoms with Gasteiger partial charge in [0.1, 0.15) is 11.9 Å². The van der Waals surface area contributed by atoms with E-state index in [2.05, 4.69) is 5.32 Å². The number of nitro groups is 1. The number of nitrogens with one attached hydrogen (secondary N) is 1. The molecular formula is C12H16N2O4. The van der Waals surface area contributed by atoms with Crippen LogP contribution in [-0.4, -0.2) is 30.8 Å². The van der Waals surface area contributed by atoms with Gasteiger partial charge in [-0.2, -0.15) is 0 Å². The van der Waals surface area contributed by atoms with E-state index in [0.717, 1.165) is 6.42 Å². The fourth-order valence-corrected chi connectivity index (χ4v) is 1.86. The van der Waals surface area contributed by atoms with Crippen molar-refractivity contribution in [3.63, 3.8) is 0 Å². The number of hydrogen-bond acceptors (Lipinski definition) is 5. The van der Waals surface area contributed by atoms with Crippen LogP contribution in [0.25, 0.3) is 0 Å². The second-order valence-corrected chi connectivity index (χ2v) is 4.11. The Hall–Kier alpha value is -1.82. The van der Waals surface area contributed by atoms with Crippen molar-refractivity contribution in [2.75, 3.05) is 25.1 Å². The summed E-state index contributed by atoms with van der Waals surface area (Å²) in [6.07, 6.45) is 0.806. The normalized spacial score (nSPS) is 18.6. The Morgan fingerprint density at radius 2 is 2.39 bits per heavy atom. The van der Waals surface area contributed by atoms with Gasteiger partial charge >= 0.3 is 0 Å². The Balaban J connectivity index is 2.18. The molecule has 1 fully saturated rings. The van der Waals surface area contributed by atoms with Crippen molar-refractivity contribution >= 4 is 11.4 Å². The molecule has 6 nitrogen and oxygen atoms in total. The first-order valence-corrected chi connectivity index (χ1v) is 5.97. The van der Waals surface area contributed by atoms with Gasteiger partial charge in [-0.05, 0) is 6.92 Å². The van der Waals surface area contributed by atoms with Gasteiger partial charge in [-0.1, -0.05) is 0 Å². The van der Waals surface area contributed by atoms with Crippen molar-refractivity contribution in [1.82, 2.24) is 0 Å². The zero-order chi connectivity index (χ0) is 13.0. The summed E-state index contributed by atoms with van der Waals surface area (Å²) in [4.78, 5) is 10.4. The van der Waals surface area contributed by atoms with Crippen LogP contribution >= 0.6 is 0 Å². The van der Waals surface area contributed by atoms with Crippen molar-refractivity contribution in [3.8, 4) is 5.75 Å². The number of hydrogen-bond donors (Lipinski definition) is 1. The largest absolute Gasteiger partial charge is 0.488 e. The maximum absolute atomic E-state index is 10.8. The molecule has 1 heterocycles. The first-order valence-electron chi connectivity index (χ1n) is 5.97. The van der Waals surface area contributed by atoms with Gasteiger partial charge in [0.2, 0.25) is 0 Å². The molecule has 1 aliphatic rings. The standard InChI is InChI=1S/C12H16N2O4/c1-2-13-9-5-10(14(15)16)7-12(6-9)18-11-3-4-17-8-11/h5-7,11,13H,2-4,8H2,1H3. The SMILES string of the molecule is CCNc1cc(OC2CCOC2)cc([N+](=O)[O-])c1. The molecule has 2 rings (SSSR count). The van der Waals surface area contributed by atoms with Crippen LogP contribution in [0.15, 0.2) is 18.2 Å². The second kappa shape index (κ2) is 5.68. The predicted molar refractivity (Wildman–Crippen MR) is 67.1 cm³/mol. The Kier molecular flexibility index (Phi) is 3.99. The molecule has 1 aliphatic heterocycles. The van der Waals surface area contributed by atoms with Gasteiger partial charge in [0.05, 0.1) is 24.2 Å². The van der Waals surface area contributed by atoms with Gasteiger partial charge in [-0.25, -0.2) is 0 Å². The van der Waals surface area contributed by atoms with E-state index in [9.17, 15) is 10.1 Å². The minimum Gasteiger partial charge on any atom is -0.488 e. The van der Waals surface area contributed by atoms with Gasteiger partial charge in [0.15, 0.2) is 0 Å². The number of rotatable bonds is 5. The van der Waals surface area contributed by atoms with Gasteiger partial charge in [-0.15, -0.1) is 0 Å². The Morgan fingerprint density at radius 3 is 3.00 bits per heavy atom. The van der Waals surface area contributed by atoms with Crippen molar-refractivity contribution < 1.29 is 14.4 Å². The lowest BCUT2D eigenvalue weighted by Crippen LogP contribution is -2.15. The van der Waals surface area contributed by atoms with E-state index in [1.54, 1.807) is 6.07 Å². The molecule has 98 valence electrons. The molecule has 0 aliphatic carbocycles. The van der Waals surface area contributed by atoms with Gasteiger partial charge in [0.25, 0.3) is 5.69 Å². The summed E-state index contributed by atoms with van der Waals surface area (Å²) in [5.41, 5.74) is 0.725. The highest BCUT2D eigenvalue weighted by Gasteiger charge is 2.19. The molecule has 1 aromatic carbocycles. The summed E-state index contributed by atoms with van der Waals surface area (Å²) in [6, 6.07) is 4.72. The van der Waals surface area contributed by atoms with E-state index in [1.807, 2.05) is 6.92 Å². The Bertz CT molecular complexity index is 430. The monoisotopic (exact) mass is 252 g/mol. The Morgan fingerprint density at radius 1 is 1.56 bits per heavy atom. The molecule has 0 radical (unpaired) electrons.